The zero-order chi connectivity index (χ0) is 16.2. The van der Waals surface area contributed by atoms with Gasteiger partial charge in [-0.1, -0.05) is 48.5 Å². The van der Waals surface area contributed by atoms with Crippen molar-refractivity contribution < 1.29 is 14.7 Å². The molecule has 0 aliphatic rings. The third-order valence-electron chi connectivity index (χ3n) is 3.47. The van der Waals surface area contributed by atoms with Crippen LogP contribution in [0.5, 0.6) is 0 Å². The quantitative estimate of drug-likeness (QED) is 0.686. The van der Waals surface area contributed by atoms with Crippen LogP contribution < -0.4 is 5.32 Å². The topological polar surface area (TPSA) is 66.4 Å². The number of aromatic carboxylic acids is 1. The molecule has 0 aliphatic heterocycles. The molecular formula is C18H13NO3S. The maximum absolute atomic E-state index is 11.3. The maximum Gasteiger partial charge on any atom is 0.348 e. The Morgan fingerprint density at radius 3 is 2.39 bits per heavy atom. The number of thiophene rings is 1. The van der Waals surface area contributed by atoms with E-state index in [4.69, 9.17) is 0 Å². The number of hydrogen-bond acceptors (Lipinski definition) is 3. The summed E-state index contributed by atoms with van der Waals surface area (Å²) in [5.74, 6) is -1.05. The van der Waals surface area contributed by atoms with Gasteiger partial charge >= 0.3 is 5.97 Å². The third kappa shape index (κ3) is 3.00. The predicted octanol–water partition coefficient (Wildman–Crippen LogP) is 4.35. The van der Waals surface area contributed by atoms with E-state index >= 15 is 0 Å². The lowest BCUT2D eigenvalue weighted by molar-refractivity contribution is -0.105. The van der Waals surface area contributed by atoms with Crippen LogP contribution in [0, 0.1) is 0 Å². The van der Waals surface area contributed by atoms with Gasteiger partial charge in [-0.25, -0.2) is 4.79 Å². The fourth-order valence-electron chi connectivity index (χ4n) is 2.43. The van der Waals surface area contributed by atoms with E-state index in [0.717, 1.165) is 28.0 Å². The molecule has 1 aromatic heterocycles. The zero-order valence-corrected chi connectivity index (χ0v) is 12.8. The van der Waals surface area contributed by atoms with Crippen LogP contribution in [-0.2, 0) is 4.79 Å². The van der Waals surface area contributed by atoms with Crippen molar-refractivity contribution in [3.05, 3.63) is 64.9 Å². The van der Waals surface area contributed by atoms with Crippen molar-refractivity contribution in [3.8, 4) is 22.3 Å². The summed E-state index contributed by atoms with van der Waals surface area (Å²) >= 11 is 1.10. The van der Waals surface area contributed by atoms with Crippen LogP contribution in [0.15, 0.2) is 60.0 Å². The van der Waals surface area contributed by atoms with Gasteiger partial charge in [0.2, 0.25) is 6.41 Å². The molecule has 2 N–H and O–H groups in total. The highest BCUT2D eigenvalue weighted by Gasteiger charge is 2.18. The van der Waals surface area contributed by atoms with E-state index in [2.05, 4.69) is 5.32 Å². The number of amides is 1. The van der Waals surface area contributed by atoms with Crippen LogP contribution in [0.2, 0.25) is 0 Å². The first-order valence-corrected chi connectivity index (χ1v) is 7.79. The first kappa shape index (κ1) is 15.0. The summed E-state index contributed by atoms with van der Waals surface area (Å²) in [7, 11) is 0. The number of rotatable bonds is 5. The summed E-state index contributed by atoms with van der Waals surface area (Å²) in [6, 6.07) is 17.7. The Hall–Kier alpha value is -2.92. The van der Waals surface area contributed by atoms with Crippen LogP contribution in [0.1, 0.15) is 9.67 Å². The van der Waals surface area contributed by atoms with Gasteiger partial charge in [0.25, 0.3) is 0 Å². The highest BCUT2D eigenvalue weighted by atomic mass is 32.1. The molecule has 4 nitrogen and oxygen atoms in total. The fourth-order valence-corrected chi connectivity index (χ4v) is 3.30. The smallest absolute Gasteiger partial charge is 0.348 e. The van der Waals surface area contributed by atoms with Gasteiger partial charge in [-0.05, 0) is 22.8 Å². The molecule has 0 saturated carbocycles. The van der Waals surface area contributed by atoms with Crippen molar-refractivity contribution in [2.45, 2.75) is 0 Å². The van der Waals surface area contributed by atoms with E-state index in [0.29, 0.717) is 17.7 Å². The molecule has 1 amide bonds. The van der Waals surface area contributed by atoms with Crippen LogP contribution in [-0.4, -0.2) is 17.5 Å². The number of hydrogen-bond donors (Lipinski definition) is 2. The lowest BCUT2D eigenvalue weighted by atomic mass is 9.99. The number of carboxylic acids is 1. The van der Waals surface area contributed by atoms with E-state index in [1.165, 1.54) is 0 Å². The minimum atomic E-state index is -1.05. The second kappa shape index (κ2) is 6.46. The first-order chi connectivity index (χ1) is 11.2. The Morgan fingerprint density at radius 2 is 1.70 bits per heavy atom. The predicted molar refractivity (Wildman–Crippen MR) is 91.8 cm³/mol. The molecule has 2 aromatic carbocycles. The molecule has 0 aliphatic carbocycles. The van der Waals surface area contributed by atoms with Crippen LogP contribution in [0.3, 0.4) is 0 Å². The number of carbonyl (C=O) groups excluding carboxylic acids is 1. The van der Waals surface area contributed by atoms with E-state index in [9.17, 15) is 14.7 Å². The van der Waals surface area contributed by atoms with Crippen molar-refractivity contribution in [1.29, 1.82) is 0 Å². The van der Waals surface area contributed by atoms with E-state index < -0.39 is 5.97 Å². The second-order valence-corrected chi connectivity index (χ2v) is 5.75. The summed E-state index contributed by atoms with van der Waals surface area (Å²) in [5, 5.41) is 13.5. The van der Waals surface area contributed by atoms with Crippen molar-refractivity contribution in [2.75, 3.05) is 5.32 Å². The Morgan fingerprint density at radius 1 is 1.00 bits per heavy atom. The molecular weight excluding hydrogens is 310 g/mol. The van der Waals surface area contributed by atoms with Crippen LogP contribution in [0.4, 0.5) is 5.69 Å². The van der Waals surface area contributed by atoms with E-state index in [1.807, 2.05) is 54.6 Å². The Kier molecular flexibility index (Phi) is 4.21. The lowest BCUT2D eigenvalue weighted by Crippen LogP contribution is -2.01. The average Bonchev–Trinajstić information content (AvgIpc) is 3.00. The van der Waals surface area contributed by atoms with Crippen molar-refractivity contribution in [3.63, 3.8) is 0 Å². The average molecular weight is 323 g/mol. The number of benzene rings is 2. The Bertz CT molecular complexity index is 856. The van der Waals surface area contributed by atoms with Gasteiger partial charge in [-0.2, -0.15) is 0 Å². The number of anilines is 1. The lowest BCUT2D eigenvalue weighted by Gasteiger charge is -2.07. The minimum Gasteiger partial charge on any atom is -0.477 e. The molecule has 0 atom stereocenters. The largest absolute Gasteiger partial charge is 0.477 e. The van der Waals surface area contributed by atoms with Gasteiger partial charge in [-0.15, -0.1) is 11.3 Å². The van der Waals surface area contributed by atoms with Crippen LogP contribution in [0.25, 0.3) is 22.3 Å². The minimum absolute atomic E-state index is 0.122. The van der Waals surface area contributed by atoms with E-state index in [1.54, 1.807) is 5.38 Å². The normalized spacial score (nSPS) is 10.3. The number of carboxylic acid groups (broad SMARTS) is 1. The van der Waals surface area contributed by atoms with E-state index in [-0.39, 0.29) is 4.88 Å². The molecule has 3 rings (SSSR count). The highest BCUT2D eigenvalue weighted by Crippen LogP contribution is 2.37. The summed E-state index contributed by atoms with van der Waals surface area (Å²) in [6.45, 7) is 0. The first-order valence-electron chi connectivity index (χ1n) is 6.91. The molecule has 0 unspecified atom stereocenters. The SMILES string of the molecule is O=CNc1c(-c2cccc(-c3ccccc3)c2)csc1C(=O)O. The Labute approximate surface area is 137 Å². The molecule has 0 radical (unpaired) electrons. The Balaban J connectivity index is 2.09. The number of carbonyl (C=O) groups is 2. The zero-order valence-electron chi connectivity index (χ0n) is 12.0. The van der Waals surface area contributed by atoms with Gasteiger partial charge in [0.15, 0.2) is 0 Å². The van der Waals surface area contributed by atoms with Gasteiger partial charge < -0.3 is 10.4 Å². The molecule has 0 bridgehead atoms. The van der Waals surface area contributed by atoms with Crippen molar-refractivity contribution in [2.24, 2.45) is 0 Å². The summed E-state index contributed by atoms with van der Waals surface area (Å²) in [6.07, 6.45) is 0.499. The van der Waals surface area contributed by atoms with Gasteiger partial charge in [0, 0.05) is 10.9 Å². The molecule has 114 valence electrons. The maximum atomic E-state index is 11.3. The fraction of sp³-hybridized carbons (Fsp3) is 0. The van der Waals surface area contributed by atoms with Gasteiger partial charge in [-0.3, -0.25) is 4.79 Å². The highest BCUT2D eigenvalue weighted by molar-refractivity contribution is 7.13. The summed E-state index contributed by atoms with van der Waals surface area (Å²) in [4.78, 5) is 22.2. The second-order valence-electron chi connectivity index (χ2n) is 4.87. The summed E-state index contributed by atoms with van der Waals surface area (Å²) < 4.78 is 0. The summed E-state index contributed by atoms with van der Waals surface area (Å²) in [5.41, 5.74) is 4.01. The molecule has 0 saturated heterocycles. The molecule has 5 heteroatoms. The van der Waals surface area contributed by atoms with Crippen molar-refractivity contribution in [1.82, 2.24) is 0 Å². The molecule has 0 spiro atoms. The van der Waals surface area contributed by atoms with Crippen LogP contribution >= 0.6 is 11.3 Å². The monoisotopic (exact) mass is 323 g/mol. The molecule has 3 aromatic rings. The van der Waals surface area contributed by atoms with Gasteiger partial charge in [0.1, 0.15) is 4.88 Å². The van der Waals surface area contributed by atoms with Gasteiger partial charge in [0.05, 0.1) is 5.69 Å². The molecule has 1 heterocycles. The number of nitrogens with one attached hydrogen (secondary N) is 1. The van der Waals surface area contributed by atoms with Crippen molar-refractivity contribution >= 4 is 29.4 Å². The third-order valence-corrected chi connectivity index (χ3v) is 4.44. The molecule has 0 fully saturated rings. The standard InChI is InChI=1S/C18H13NO3S/c20-11-19-16-15(10-23-17(16)18(21)22)14-8-4-7-13(9-14)12-5-2-1-3-6-12/h1-11H,(H,19,20)(H,21,22). The molecule has 23 heavy (non-hydrogen) atoms.